The van der Waals surface area contributed by atoms with Crippen LogP contribution in [0.1, 0.15) is 90.5 Å². The summed E-state index contributed by atoms with van der Waals surface area (Å²) in [4.78, 5) is 38.6. The van der Waals surface area contributed by atoms with Gasteiger partial charge in [0, 0.05) is 24.8 Å². The molecule has 30 heavy (non-hydrogen) atoms. The van der Waals surface area contributed by atoms with Crippen molar-refractivity contribution in [1.29, 1.82) is 0 Å². The molecular formula is C25H36O5. The SMILES string of the molecule is CCCCCC(=O)c1c(C)c2c(c(C)c1CCCC)CC(C(=O)OC)(C(=O)OC)C2. The first-order valence-corrected chi connectivity index (χ1v) is 11.1. The first kappa shape index (κ1) is 24.1. The van der Waals surface area contributed by atoms with E-state index in [0.29, 0.717) is 6.42 Å². The molecule has 0 saturated carbocycles. The molecule has 166 valence electrons. The number of carbonyl (C=O) groups excluding carboxylic acids is 3. The molecule has 0 bridgehead atoms. The fourth-order valence-corrected chi connectivity index (χ4v) is 4.81. The Morgan fingerprint density at radius 2 is 1.37 bits per heavy atom. The molecule has 0 aliphatic heterocycles. The van der Waals surface area contributed by atoms with Gasteiger partial charge in [-0.1, -0.05) is 33.1 Å². The third kappa shape index (κ3) is 4.30. The van der Waals surface area contributed by atoms with Crippen LogP contribution in [0.25, 0.3) is 0 Å². The number of methoxy groups -OCH3 is 2. The minimum atomic E-state index is -1.37. The highest BCUT2D eigenvalue weighted by molar-refractivity contribution is 6.03. The third-order valence-electron chi connectivity index (χ3n) is 6.57. The molecule has 5 nitrogen and oxygen atoms in total. The number of ketones is 1. The van der Waals surface area contributed by atoms with Crippen LogP contribution < -0.4 is 0 Å². The molecular weight excluding hydrogens is 380 g/mol. The van der Waals surface area contributed by atoms with E-state index in [-0.39, 0.29) is 18.6 Å². The zero-order chi connectivity index (χ0) is 22.5. The Hall–Kier alpha value is -2.17. The summed E-state index contributed by atoms with van der Waals surface area (Å²) in [5.41, 5.74) is 4.41. The van der Waals surface area contributed by atoms with E-state index < -0.39 is 17.4 Å². The zero-order valence-electron chi connectivity index (χ0n) is 19.4. The Labute approximate surface area is 180 Å². The second-order valence-corrected chi connectivity index (χ2v) is 8.46. The van der Waals surface area contributed by atoms with Gasteiger partial charge < -0.3 is 9.47 Å². The zero-order valence-corrected chi connectivity index (χ0v) is 19.4. The van der Waals surface area contributed by atoms with Crippen molar-refractivity contribution < 1.29 is 23.9 Å². The van der Waals surface area contributed by atoms with Crippen LogP contribution in [0, 0.1) is 19.3 Å². The molecule has 0 fully saturated rings. The van der Waals surface area contributed by atoms with Crippen molar-refractivity contribution >= 4 is 17.7 Å². The molecule has 0 unspecified atom stereocenters. The van der Waals surface area contributed by atoms with Gasteiger partial charge in [-0.25, -0.2) is 0 Å². The van der Waals surface area contributed by atoms with Gasteiger partial charge in [-0.2, -0.15) is 0 Å². The van der Waals surface area contributed by atoms with E-state index in [1.807, 2.05) is 13.8 Å². The summed E-state index contributed by atoms with van der Waals surface area (Å²) < 4.78 is 10.0. The van der Waals surface area contributed by atoms with Gasteiger partial charge >= 0.3 is 11.9 Å². The number of hydrogen-bond donors (Lipinski definition) is 0. The summed E-state index contributed by atoms with van der Waals surface area (Å²) in [7, 11) is 2.59. The monoisotopic (exact) mass is 416 g/mol. The molecule has 1 aliphatic rings. The topological polar surface area (TPSA) is 69.7 Å². The molecule has 0 N–H and O–H groups in total. The van der Waals surface area contributed by atoms with E-state index in [9.17, 15) is 14.4 Å². The lowest BCUT2D eigenvalue weighted by atomic mass is 9.84. The van der Waals surface area contributed by atoms with Crippen LogP contribution in [0.4, 0.5) is 0 Å². The van der Waals surface area contributed by atoms with Gasteiger partial charge in [0.15, 0.2) is 11.2 Å². The van der Waals surface area contributed by atoms with E-state index in [4.69, 9.17) is 9.47 Å². The summed E-state index contributed by atoms with van der Waals surface area (Å²) in [5.74, 6) is -0.975. The highest BCUT2D eigenvalue weighted by Gasteiger charge is 2.53. The molecule has 1 aromatic carbocycles. The summed E-state index contributed by atoms with van der Waals surface area (Å²) >= 11 is 0. The van der Waals surface area contributed by atoms with E-state index in [1.54, 1.807) is 0 Å². The molecule has 0 radical (unpaired) electrons. The van der Waals surface area contributed by atoms with Crippen LogP contribution in [-0.2, 0) is 38.3 Å². The van der Waals surface area contributed by atoms with Crippen molar-refractivity contribution in [2.24, 2.45) is 5.41 Å². The number of unbranched alkanes of at least 4 members (excludes halogenated alkanes) is 3. The maximum atomic E-state index is 13.2. The Morgan fingerprint density at radius 1 is 0.833 bits per heavy atom. The summed E-state index contributed by atoms with van der Waals surface area (Å²) in [6.07, 6.45) is 6.86. The fraction of sp³-hybridized carbons (Fsp3) is 0.640. The van der Waals surface area contributed by atoms with Crippen molar-refractivity contribution in [3.63, 3.8) is 0 Å². The van der Waals surface area contributed by atoms with Crippen LogP contribution in [0.3, 0.4) is 0 Å². The summed E-state index contributed by atoms with van der Waals surface area (Å²) in [6.45, 7) is 8.25. The van der Waals surface area contributed by atoms with E-state index in [2.05, 4.69) is 13.8 Å². The van der Waals surface area contributed by atoms with Crippen molar-refractivity contribution in [2.45, 2.75) is 85.5 Å². The Balaban J connectivity index is 2.62. The molecule has 5 heteroatoms. The maximum Gasteiger partial charge on any atom is 0.323 e. The van der Waals surface area contributed by atoms with Gasteiger partial charge in [0.25, 0.3) is 0 Å². The summed E-state index contributed by atoms with van der Waals surface area (Å²) in [5, 5.41) is 0. The van der Waals surface area contributed by atoms with Gasteiger partial charge in [-0.05, 0) is 60.9 Å². The molecule has 0 heterocycles. The molecule has 0 aromatic heterocycles. The second-order valence-electron chi connectivity index (χ2n) is 8.46. The van der Waals surface area contributed by atoms with Gasteiger partial charge in [0.2, 0.25) is 0 Å². The Kier molecular flexibility index (Phi) is 8.22. The van der Waals surface area contributed by atoms with Crippen LogP contribution in [0.15, 0.2) is 0 Å². The molecule has 2 rings (SSSR count). The molecule has 0 saturated heterocycles. The Bertz CT molecular complexity index is 806. The third-order valence-corrected chi connectivity index (χ3v) is 6.57. The highest BCUT2D eigenvalue weighted by Crippen LogP contribution is 2.44. The lowest BCUT2D eigenvalue weighted by molar-refractivity contribution is -0.168. The molecule has 0 amide bonds. The molecule has 1 aromatic rings. The van der Waals surface area contributed by atoms with Crippen molar-refractivity contribution in [2.75, 3.05) is 14.2 Å². The second kappa shape index (κ2) is 10.2. The highest BCUT2D eigenvalue weighted by atomic mass is 16.5. The lowest BCUT2D eigenvalue weighted by Gasteiger charge is -2.22. The number of rotatable bonds is 10. The first-order chi connectivity index (χ1) is 14.3. The quantitative estimate of drug-likeness (QED) is 0.236. The number of hydrogen-bond acceptors (Lipinski definition) is 5. The van der Waals surface area contributed by atoms with Crippen LogP contribution in [0.2, 0.25) is 0 Å². The van der Waals surface area contributed by atoms with E-state index in [1.165, 1.54) is 14.2 Å². The minimum absolute atomic E-state index is 0.173. The number of fused-ring (bicyclic) bond motifs is 1. The van der Waals surface area contributed by atoms with Gasteiger partial charge in [-0.3, -0.25) is 14.4 Å². The minimum Gasteiger partial charge on any atom is -0.468 e. The average molecular weight is 417 g/mol. The maximum absolute atomic E-state index is 13.2. The molecule has 1 aliphatic carbocycles. The smallest absolute Gasteiger partial charge is 0.323 e. The largest absolute Gasteiger partial charge is 0.468 e. The predicted octanol–water partition coefficient (Wildman–Crippen LogP) is 4.84. The van der Waals surface area contributed by atoms with Crippen LogP contribution in [-0.4, -0.2) is 31.9 Å². The first-order valence-electron chi connectivity index (χ1n) is 11.1. The van der Waals surface area contributed by atoms with Gasteiger partial charge in [0.05, 0.1) is 14.2 Å². The number of esters is 2. The van der Waals surface area contributed by atoms with Gasteiger partial charge in [-0.15, -0.1) is 0 Å². The molecule has 0 spiro atoms. The standard InChI is InChI=1S/C25H36O5/c1-7-9-11-13-21(26)22-17(4)20-15-25(23(27)29-5,24(28)30-6)14-19(20)16(3)18(22)12-10-8-2/h7-15H2,1-6H3. The fourth-order valence-electron chi connectivity index (χ4n) is 4.81. The summed E-state index contributed by atoms with van der Waals surface area (Å²) in [6, 6.07) is 0. The normalized spacial score (nSPS) is 14.3. The number of Topliss-reactive ketones (excluding diaryl/α,β-unsaturated/α-hetero) is 1. The molecule has 0 atom stereocenters. The van der Waals surface area contributed by atoms with E-state index in [0.717, 1.165) is 71.9 Å². The number of benzene rings is 1. The van der Waals surface area contributed by atoms with Crippen LogP contribution in [0.5, 0.6) is 0 Å². The predicted molar refractivity (Wildman–Crippen MR) is 117 cm³/mol. The van der Waals surface area contributed by atoms with E-state index >= 15 is 0 Å². The van der Waals surface area contributed by atoms with Crippen molar-refractivity contribution in [3.05, 3.63) is 33.4 Å². The van der Waals surface area contributed by atoms with Gasteiger partial charge in [0.1, 0.15) is 0 Å². The van der Waals surface area contributed by atoms with Crippen molar-refractivity contribution in [1.82, 2.24) is 0 Å². The average Bonchev–Trinajstić information content (AvgIpc) is 3.16. The Morgan fingerprint density at radius 3 is 1.87 bits per heavy atom. The lowest BCUT2D eigenvalue weighted by Crippen LogP contribution is -2.42. The number of carbonyl (C=O) groups is 3. The van der Waals surface area contributed by atoms with Crippen molar-refractivity contribution in [3.8, 4) is 0 Å². The number of ether oxygens (including phenoxy) is 2. The van der Waals surface area contributed by atoms with Crippen LogP contribution >= 0.6 is 0 Å².